The highest BCUT2D eigenvalue weighted by Gasteiger charge is 2.06. The van der Waals surface area contributed by atoms with Crippen LogP contribution < -0.4 is 20.2 Å². The molecule has 0 unspecified atom stereocenters. The van der Waals surface area contributed by atoms with Gasteiger partial charge in [-0.15, -0.1) is 0 Å². The lowest BCUT2D eigenvalue weighted by molar-refractivity contribution is -0.119. The number of hydrogen-bond donors (Lipinski definition) is 2. The molecule has 0 heterocycles. The number of nitrogens with zero attached hydrogens (tertiary/aromatic N) is 1. The number of benzene rings is 2. The Morgan fingerprint density at radius 1 is 1.15 bits per heavy atom. The highest BCUT2D eigenvalue weighted by molar-refractivity contribution is 5.99. The van der Waals surface area contributed by atoms with E-state index in [4.69, 9.17) is 4.74 Å². The Morgan fingerprint density at radius 3 is 2.50 bits per heavy atom. The number of hydrogen-bond acceptors (Lipinski definition) is 5. The van der Waals surface area contributed by atoms with E-state index in [1.807, 2.05) is 12.1 Å². The molecule has 0 aliphatic heterocycles. The summed E-state index contributed by atoms with van der Waals surface area (Å²) in [5, 5.41) is 6.96. The molecule has 0 aliphatic rings. The molecular weight excluding hydrogens is 344 g/mol. The van der Waals surface area contributed by atoms with Gasteiger partial charge in [0.15, 0.2) is 0 Å². The second-order valence-electron chi connectivity index (χ2n) is 5.19. The number of methoxy groups -OCH3 is 1. The number of hydrazone groups is 1. The summed E-state index contributed by atoms with van der Waals surface area (Å²) in [4.78, 5) is 11.9. The van der Waals surface area contributed by atoms with Crippen molar-refractivity contribution in [3.63, 3.8) is 0 Å². The Bertz CT molecular complexity index is 765. The van der Waals surface area contributed by atoms with Crippen LogP contribution in [0.2, 0.25) is 0 Å². The standard InChI is InChI=1S/C18H19F2N3O3/c1-12(13-7-9-14(10-8-13)26-18(19)20)22-23-17(24)11-21-15-5-3-4-6-16(15)25-2/h3-10,18,21H,11H2,1-2H3,(H,23,24)/b22-12-. The van der Waals surface area contributed by atoms with E-state index in [-0.39, 0.29) is 18.2 Å². The van der Waals surface area contributed by atoms with E-state index in [0.29, 0.717) is 22.7 Å². The molecule has 8 heteroatoms. The molecule has 1 amide bonds. The van der Waals surface area contributed by atoms with Gasteiger partial charge in [-0.25, -0.2) is 5.43 Å². The van der Waals surface area contributed by atoms with Gasteiger partial charge in [-0.3, -0.25) is 4.79 Å². The lowest BCUT2D eigenvalue weighted by Crippen LogP contribution is -2.26. The monoisotopic (exact) mass is 363 g/mol. The first kappa shape index (κ1) is 19.2. The summed E-state index contributed by atoms with van der Waals surface area (Å²) in [5.74, 6) is 0.348. The zero-order valence-corrected chi connectivity index (χ0v) is 14.3. The van der Waals surface area contributed by atoms with Gasteiger partial charge in [-0.05, 0) is 48.9 Å². The van der Waals surface area contributed by atoms with Crippen LogP contribution in [-0.4, -0.2) is 31.9 Å². The first-order valence-corrected chi connectivity index (χ1v) is 7.75. The first-order chi connectivity index (χ1) is 12.5. The zero-order chi connectivity index (χ0) is 18.9. The Hall–Kier alpha value is -3.16. The third-order valence-electron chi connectivity index (χ3n) is 3.39. The minimum atomic E-state index is -2.87. The highest BCUT2D eigenvalue weighted by Crippen LogP contribution is 2.22. The van der Waals surface area contributed by atoms with Crippen LogP contribution in [-0.2, 0) is 4.79 Å². The maximum Gasteiger partial charge on any atom is 0.387 e. The van der Waals surface area contributed by atoms with Gasteiger partial charge in [0.1, 0.15) is 11.5 Å². The molecule has 0 atom stereocenters. The quantitative estimate of drug-likeness (QED) is 0.558. The fourth-order valence-electron chi connectivity index (χ4n) is 2.09. The molecule has 2 N–H and O–H groups in total. The number of para-hydroxylation sites is 2. The number of rotatable bonds is 8. The summed E-state index contributed by atoms with van der Waals surface area (Å²) >= 11 is 0. The second kappa shape index (κ2) is 9.36. The van der Waals surface area contributed by atoms with E-state index < -0.39 is 6.61 Å². The average molecular weight is 363 g/mol. The fourth-order valence-corrected chi connectivity index (χ4v) is 2.09. The van der Waals surface area contributed by atoms with E-state index in [2.05, 4.69) is 20.6 Å². The van der Waals surface area contributed by atoms with Crippen LogP contribution in [0.5, 0.6) is 11.5 Å². The molecule has 6 nitrogen and oxygen atoms in total. The zero-order valence-electron chi connectivity index (χ0n) is 14.3. The molecule has 138 valence electrons. The molecule has 2 aromatic rings. The third kappa shape index (κ3) is 5.73. The predicted molar refractivity (Wildman–Crippen MR) is 94.9 cm³/mol. The Balaban J connectivity index is 1.88. The van der Waals surface area contributed by atoms with Crippen molar-refractivity contribution in [2.45, 2.75) is 13.5 Å². The van der Waals surface area contributed by atoms with E-state index in [1.165, 1.54) is 12.1 Å². The summed E-state index contributed by atoms with van der Waals surface area (Å²) < 4.78 is 33.7. The van der Waals surface area contributed by atoms with Crippen molar-refractivity contribution in [1.29, 1.82) is 0 Å². The summed E-state index contributed by atoms with van der Waals surface area (Å²) in [7, 11) is 1.55. The summed E-state index contributed by atoms with van der Waals surface area (Å²) in [6, 6.07) is 13.2. The molecule has 0 saturated carbocycles. The Kier molecular flexibility index (Phi) is 6.90. The lowest BCUT2D eigenvalue weighted by atomic mass is 10.1. The van der Waals surface area contributed by atoms with Crippen LogP contribution in [0.4, 0.5) is 14.5 Å². The normalized spacial score (nSPS) is 11.2. The number of anilines is 1. The van der Waals surface area contributed by atoms with E-state index in [9.17, 15) is 13.6 Å². The molecule has 26 heavy (non-hydrogen) atoms. The van der Waals surface area contributed by atoms with Gasteiger partial charge in [0.2, 0.25) is 0 Å². The van der Waals surface area contributed by atoms with Crippen LogP contribution in [0, 0.1) is 0 Å². The van der Waals surface area contributed by atoms with Gasteiger partial charge in [0, 0.05) is 0 Å². The molecule has 0 radical (unpaired) electrons. The van der Waals surface area contributed by atoms with Crippen molar-refractivity contribution in [2.75, 3.05) is 19.0 Å². The summed E-state index contributed by atoms with van der Waals surface area (Å²) in [6.45, 7) is -1.17. The molecule has 0 bridgehead atoms. The smallest absolute Gasteiger partial charge is 0.387 e. The van der Waals surface area contributed by atoms with Crippen LogP contribution in [0.25, 0.3) is 0 Å². The minimum Gasteiger partial charge on any atom is -0.495 e. The van der Waals surface area contributed by atoms with Crippen LogP contribution in [0.3, 0.4) is 0 Å². The number of carbonyl (C=O) groups is 1. The van der Waals surface area contributed by atoms with Gasteiger partial charge in [0.05, 0.1) is 25.1 Å². The van der Waals surface area contributed by atoms with Crippen LogP contribution >= 0.6 is 0 Å². The number of halogens is 2. The third-order valence-corrected chi connectivity index (χ3v) is 3.39. The van der Waals surface area contributed by atoms with E-state index in [0.717, 1.165) is 0 Å². The average Bonchev–Trinajstić information content (AvgIpc) is 2.64. The molecule has 0 fully saturated rings. The fraction of sp³-hybridized carbons (Fsp3) is 0.222. The van der Waals surface area contributed by atoms with E-state index in [1.54, 1.807) is 38.3 Å². The van der Waals surface area contributed by atoms with Crippen molar-refractivity contribution in [1.82, 2.24) is 5.43 Å². The number of carbonyl (C=O) groups excluding carboxylic acids is 1. The van der Waals surface area contributed by atoms with Gasteiger partial charge < -0.3 is 14.8 Å². The molecule has 2 aromatic carbocycles. The second-order valence-corrected chi connectivity index (χ2v) is 5.19. The largest absolute Gasteiger partial charge is 0.495 e. The van der Waals surface area contributed by atoms with Crippen molar-refractivity contribution in [3.05, 3.63) is 54.1 Å². The van der Waals surface area contributed by atoms with Gasteiger partial charge in [-0.1, -0.05) is 12.1 Å². The molecule has 0 aromatic heterocycles. The van der Waals surface area contributed by atoms with Gasteiger partial charge in [-0.2, -0.15) is 13.9 Å². The van der Waals surface area contributed by atoms with Crippen LogP contribution in [0.15, 0.2) is 53.6 Å². The maximum atomic E-state index is 12.1. The maximum absolute atomic E-state index is 12.1. The van der Waals surface area contributed by atoms with Gasteiger partial charge >= 0.3 is 6.61 Å². The minimum absolute atomic E-state index is 0.0122. The number of amides is 1. The molecule has 0 spiro atoms. The summed E-state index contributed by atoms with van der Waals surface area (Å²) in [5.41, 5.74) is 4.32. The molecule has 0 saturated heterocycles. The number of ether oxygens (including phenoxy) is 2. The number of alkyl halides is 2. The number of nitrogens with one attached hydrogen (secondary N) is 2. The SMILES string of the molecule is COc1ccccc1NCC(=O)N/N=C(/C)c1ccc(OC(F)F)cc1. The lowest BCUT2D eigenvalue weighted by Gasteiger charge is -2.10. The van der Waals surface area contributed by atoms with Crippen molar-refractivity contribution >= 4 is 17.3 Å². The van der Waals surface area contributed by atoms with Gasteiger partial charge in [0.25, 0.3) is 5.91 Å². The Labute approximate surface area is 149 Å². The van der Waals surface area contributed by atoms with Crippen molar-refractivity contribution in [2.24, 2.45) is 5.10 Å². The van der Waals surface area contributed by atoms with Crippen molar-refractivity contribution in [3.8, 4) is 11.5 Å². The predicted octanol–water partition coefficient (Wildman–Crippen LogP) is 3.25. The topological polar surface area (TPSA) is 72.0 Å². The molecular formula is C18H19F2N3O3. The Morgan fingerprint density at radius 2 is 1.85 bits per heavy atom. The first-order valence-electron chi connectivity index (χ1n) is 7.75. The molecule has 0 aliphatic carbocycles. The molecule has 2 rings (SSSR count). The highest BCUT2D eigenvalue weighted by atomic mass is 19.3. The summed E-state index contributed by atoms with van der Waals surface area (Å²) in [6.07, 6.45) is 0. The van der Waals surface area contributed by atoms with E-state index >= 15 is 0 Å². The van der Waals surface area contributed by atoms with Crippen molar-refractivity contribution < 1.29 is 23.0 Å². The van der Waals surface area contributed by atoms with Crippen LogP contribution in [0.1, 0.15) is 12.5 Å².